The van der Waals surface area contributed by atoms with E-state index in [1.54, 1.807) is 32.0 Å². The van der Waals surface area contributed by atoms with Gasteiger partial charge in [-0.15, -0.1) is 5.11 Å². The number of rotatable bonds is 10. The topological polar surface area (TPSA) is 196 Å². The van der Waals surface area contributed by atoms with Gasteiger partial charge in [-0.1, -0.05) is 25.1 Å². The van der Waals surface area contributed by atoms with Crippen LogP contribution in [0.2, 0.25) is 5.28 Å². The van der Waals surface area contributed by atoms with Crippen LogP contribution in [0, 0.1) is 6.92 Å². The molecular formula is C29H26ClN7O6S2. The average molecular weight is 668 g/mol. The Kier molecular flexibility index (Phi) is 8.97. The standard InChI is InChI=1S/C29H26ClN7O6S2/c1-3-13-44(39,40)21-11-9-20(10-12-21)36-37-25-17(2)14-18-15-22(45(41,42)43)16-23(24(18)26(25)38)32-29-34-27(30)33-28(35-29)31-19-7-5-4-6-8-19/h4-12,14-16,38H,3,13H2,1-2H3,(H,41,42,43)(H2,31,32,33,34,35). The number of hydrogen-bond donors (Lipinski definition) is 4. The molecule has 0 saturated heterocycles. The number of sulfone groups is 1. The number of nitrogens with one attached hydrogen (secondary N) is 2. The van der Waals surface area contributed by atoms with Gasteiger partial charge in [0.15, 0.2) is 15.6 Å². The number of halogens is 1. The summed E-state index contributed by atoms with van der Waals surface area (Å²) in [6.45, 7) is 3.41. The first kappa shape index (κ1) is 31.7. The smallest absolute Gasteiger partial charge is 0.294 e. The number of hydrogen-bond acceptors (Lipinski definition) is 12. The summed E-state index contributed by atoms with van der Waals surface area (Å²) in [6.07, 6.45) is 0.485. The number of phenols is 1. The second-order valence-corrected chi connectivity index (χ2v) is 13.7. The maximum absolute atomic E-state index is 12.3. The number of benzene rings is 4. The molecule has 0 bridgehead atoms. The van der Waals surface area contributed by atoms with Gasteiger partial charge in [-0.2, -0.15) is 28.5 Å². The second kappa shape index (κ2) is 12.7. The van der Waals surface area contributed by atoms with Crippen LogP contribution in [0.3, 0.4) is 0 Å². The van der Waals surface area contributed by atoms with E-state index in [2.05, 4.69) is 35.8 Å². The van der Waals surface area contributed by atoms with Crippen LogP contribution in [0.5, 0.6) is 5.75 Å². The Morgan fingerprint density at radius 2 is 1.51 bits per heavy atom. The van der Waals surface area contributed by atoms with Gasteiger partial charge in [-0.3, -0.25) is 4.55 Å². The van der Waals surface area contributed by atoms with E-state index in [0.717, 1.165) is 6.07 Å². The summed E-state index contributed by atoms with van der Waals surface area (Å²) < 4.78 is 58.8. The lowest BCUT2D eigenvalue weighted by Crippen LogP contribution is -2.05. The van der Waals surface area contributed by atoms with E-state index in [0.29, 0.717) is 23.4 Å². The molecule has 0 aliphatic rings. The number of phenolic OH excluding ortho intramolecular Hbond substituents is 1. The molecular weight excluding hydrogens is 642 g/mol. The van der Waals surface area contributed by atoms with E-state index in [9.17, 15) is 26.5 Å². The minimum atomic E-state index is -4.66. The zero-order valence-electron chi connectivity index (χ0n) is 23.8. The van der Waals surface area contributed by atoms with Gasteiger partial charge in [0.2, 0.25) is 17.2 Å². The summed E-state index contributed by atoms with van der Waals surface area (Å²) in [5.41, 5.74) is 1.51. The largest absolute Gasteiger partial charge is 0.505 e. The Balaban J connectivity index is 1.57. The van der Waals surface area contributed by atoms with Crippen molar-refractivity contribution in [3.8, 4) is 5.75 Å². The van der Waals surface area contributed by atoms with Crippen molar-refractivity contribution in [1.29, 1.82) is 0 Å². The minimum absolute atomic E-state index is 0.00693. The lowest BCUT2D eigenvalue weighted by atomic mass is 10.0. The molecule has 0 aliphatic heterocycles. The normalized spacial score (nSPS) is 12.1. The Bertz CT molecular complexity index is 2150. The summed E-state index contributed by atoms with van der Waals surface area (Å²) in [5, 5.41) is 25.8. The number of azo groups is 1. The highest BCUT2D eigenvalue weighted by Gasteiger charge is 2.20. The van der Waals surface area contributed by atoms with Gasteiger partial charge in [0.05, 0.1) is 26.9 Å². The third kappa shape index (κ3) is 7.34. The molecule has 0 radical (unpaired) electrons. The molecule has 4 aromatic carbocycles. The average Bonchev–Trinajstić information content (AvgIpc) is 2.96. The molecule has 5 aromatic rings. The van der Waals surface area contributed by atoms with E-state index in [-0.39, 0.29) is 55.7 Å². The van der Waals surface area contributed by atoms with E-state index in [4.69, 9.17) is 11.6 Å². The molecule has 16 heteroatoms. The molecule has 1 heterocycles. The van der Waals surface area contributed by atoms with Crippen molar-refractivity contribution in [1.82, 2.24) is 15.0 Å². The molecule has 5 rings (SSSR count). The molecule has 232 valence electrons. The fraction of sp³-hybridized carbons (Fsp3) is 0.138. The van der Waals surface area contributed by atoms with Gasteiger partial charge < -0.3 is 15.7 Å². The third-order valence-corrected chi connectivity index (χ3v) is 9.40. The Hall–Kier alpha value is -4.70. The number of aromatic hydroxyl groups is 1. The number of nitrogens with zero attached hydrogens (tertiary/aromatic N) is 5. The van der Waals surface area contributed by atoms with E-state index in [1.807, 2.05) is 18.2 Å². The fourth-order valence-electron chi connectivity index (χ4n) is 4.44. The Labute approximate surface area is 263 Å². The van der Waals surface area contributed by atoms with Crippen molar-refractivity contribution in [2.75, 3.05) is 16.4 Å². The molecule has 0 unspecified atom stereocenters. The predicted molar refractivity (Wildman–Crippen MR) is 171 cm³/mol. The highest BCUT2D eigenvalue weighted by atomic mass is 35.5. The lowest BCUT2D eigenvalue weighted by Gasteiger charge is -2.15. The quantitative estimate of drug-likeness (QED) is 0.0881. The molecule has 0 fully saturated rings. The molecule has 0 spiro atoms. The molecule has 0 amide bonds. The predicted octanol–water partition coefficient (Wildman–Crippen LogP) is 7.03. The monoisotopic (exact) mass is 667 g/mol. The summed E-state index contributed by atoms with van der Waals surface area (Å²) in [5.74, 6) is -0.344. The maximum Gasteiger partial charge on any atom is 0.294 e. The molecule has 45 heavy (non-hydrogen) atoms. The van der Waals surface area contributed by atoms with Crippen LogP contribution in [0.25, 0.3) is 10.8 Å². The van der Waals surface area contributed by atoms with Crippen LogP contribution in [0.4, 0.5) is 34.6 Å². The summed E-state index contributed by atoms with van der Waals surface area (Å²) in [6, 6.07) is 18.8. The number of anilines is 4. The molecule has 4 N–H and O–H groups in total. The van der Waals surface area contributed by atoms with Gasteiger partial charge in [0.1, 0.15) is 5.69 Å². The number of aromatic nitrogens is 3. The Morgan fingerprint density at radius 1 is 0.844 bits per heavy atom. The van der Waals surface area contributed by atoms with Crippen molar-refractivity contribution in [2.45, 2.75) is 30.1 Å². The van der Waals surface area contributed by atoms with Crippen molar-refractivity contribution in [3.63, 3.8) is 0 Å². The molecule has 0 aliphatic carbocycles. The van der Waals surface area contributed by atoms with Gasteiger partial charge >= 0.3 is 0 Å². The molecule has 0 saturated carbocycles. The van der Waals surface area contributed by atoms with Crippen LogP contribution in [-0.2, 0) is 20.0 Å². The third-order valence-electron chi connectivity index (χ3n) is 6.47. The molecule has 1 aromatic heterocycles. The van der Waals surface area contributed by atoms with Crippen molar-refractivity contribution < 1.29 is 26.5 Å². The number of fused-ring (bicyclic) bond motifs is 1. The summed E-state index contributed by atoms with van der Waals surface area (Å²) >= 11 is 6.14. The van der Waals surface area contributed by atoms with Gasteiger partial charge in [-0.25, -0.2) is 8.42 Å². The Morgan fingerprint density at radius 3 is 2.16 bits per heavy atom. The van der Waals surface area contributed by atoms with Crippen molar-refractivity contribution in [3.05, 3.63) is 83.6 Å². The SMILES string of the molecule is CCCS(=O)(=O)c1ccc(N=Nc2c(C)cc3cc(S(=O)(=O)O)cc(Nc4nc(Cl)nc(Nc5ccccc5)n4)c3c2O)cc1. The number of aryl methyl sites for hydroxylation is 1. The van der Waals surface area contributed by atoms with Crippen LogP contribution in [0.15, 0.2) is 92.8 Å². The van der Waals surface area contributed by atoms with E-state index in [1.165, 1.54) is 30.3 Å². The van der Waals surface area contributed by atoms with Gasteiger partial charge in [-0.05, 0) is 90.5 Å². The highest BCUT2D eigenvalue weighted by Crippen LogP contribution is 2.44. The lowest BCUT2D eigenvalue weighted by molar-refractivity contribution is 0.480. The minimum Gasteiger partial charge on any atom is -0.505 e. The van der Waals surface area contributed by atoms with Gasteiger partial charge in [0, 0.05) is 11.1 Å². The van der Waals surface area contributed by atoms with Crippen LogP contribution < -0.4 is 10.6 Å². The van der Waals surface area contributed by atoms with Crippen molar-refractivity contribution >= 4 is 77.0 Å². The van der Waals surface area contributed by atoms with Crippen molar-refractivity contribution in [2.24, 2.45) is 10.2 Å². The maximum atomic E-state index is 12.3. The number of para-hydroxylation sites is 1. The van der Waals surface area contributed by atoms with Crippen LogP contribution >= 0.6 is 11.6 Å². The van der Waals surface area contributed by atoms with E-state index >= 15 is 0 Å². The highest BCUT2D eigenvalue weighted by molar-refractivity contribution is 7.91. The summed E-state index contributed by atoms with van der Waals surface area (Å²) in [7, 11) is -8.07. The second-order valence-electron chi connectivity index (χ2n) is 9.82. The van der Waals surface area contributed by atoms with Gasteiger partial charge in [0.25, 0.3) is 10.1 Å². The summed E-state index contributed by atoms with van der Waals surface area (Å²) in [4.78, 5) is 12.1. The van der Waals surface area contributed by atoms with Crippen LogP contribution in [0.1, 0.15) is 18.9 Å². The zero-order valence-corrected chi connectivity index (χ0v) is 26.2. The first-order valence-corrected chi connectivity index (χ1v) is 16.8. The van der Waals surface area contributed by atoms with Crippen LogP contribution in [-0.4, -0.2) is 47.2 Å². The zero-order chi connectivity index (χ0) is 32.4. The first-order valence-electron chi connectivity index (χ1n) is 13.4. The fourth-order valence-corrected chi connectivity index (χ4v) is 6.47. The molecule has 13 nitrogen and oxygen atoms in total. The molecule has 0 atom stereocenters. The first-order chi connectivity index (χ1) is 21.3. The van der Waals surface area contributed by atoms with E-state index < -0.39 is 24.9 Å².